The summed E-state index contributed by atoms with van der Waals surface area (Å²) in [4.78, 5) is 13.2. The van der Waals surface area contributed by atoms with E-state index in [-0.39, 0.29) is 17.2 Å². The summed E-state index contributed by atoms with van der Waals surface area (Å²) in [6, 6.07) is 16.8. The average Bonchev–Trinajstić information content (AvgIpc) is 3.49. The fourth-order valence-electron chi connectivity index (χ4n) is 4.38. The second kappa shape index (κ2) is 9.79. The zero-order valence-corrected chi connectivity index (χ0v) is 21.8. The summed E-state index contributed by atoms with van der Waals surface area (Å²) in [6.07, 6.45) is -4.83. The number of alkyl halides is 3. The standard InChI is InChI=1S/C28H24F4N6O2/c1-38(2,3)15-17-6-4-5-7-19(17)16-8-10-22(21(29)12-16)34-27(39)23-14-25(28(30,31)32)35-37(23)18-9-11-24-20(13-18)26(33)36-40-24/h4-14H,15H2,1-3H3,(H2-,33,34,36,39)/p+1. The molecule has 0 aliphatic carbocycles. The van der Waals surface area contributed by atoms with E-state index in [2.05, 4.69) is 15.6 Å². The number of carbonyl (C=O) groups excluding carboxylic acids is 1. The molecule has 0 fully saturated rings. The Morgan fingerprint density at radius 2 is 1.80 bits per heavy atom. The first kappa shape index (κ1) is 26.9. The van der Waals surface area contributed by atoms with E-state index in [4.69, 9.17) is 10.3 Å². The van der Waals surface area contributed by atoms with Gasteiger partial charge in [-0.2, -0.15) is 18.3 Å². The Morgan fingerprint density at radius 3 is 2.50 bits per heavy atom. The molecule has 0 aliphatic heterocycles. The van der Waals surface area contributed by atoms with Gasteiger partial charge in [-0.05, 0) is 41.5 Å². The van der Waals surface area contributed by atoms with Crippen molar-refractivity contribution in [3.8, 4) is 16.8 Å². The Balaban J connectivity index is 1.48. The maximum absolute atomic E-state index is 15.2. The Hall–Kier alpha value is -4.71. The van der Waals surface area contributed by atoms with Gasteiger partial charge in [-0.15, -0.1) is 0 Å². The van der Waals surface area contributed by atoms with Crippen LogP contribution in [0.5, 0.6) is 0 Å². The summed E-state index contributed by atoms with van der Waals surface area (Å²) in [6.45, 7) is 0.703. The Labute approximate surface area is 226 Å². The van der Waals surface area contributed by atoms with Gasteiger partial charge in [-0.25, -0.2) is 9.07 Å². The third-order valence-corrected chi connectivity index (χ3v) is 6.15. The van der Waals surface area contributed by atoms with Crippen molar-refractivity contribution in [3.63, 3.8) is 0 Å². The lowest BCUT2D eigenvalue weighted by Gasteiger charge is -2.25. The van der Waals surface area contributed by atoms with E-state index in [1.807, 2.05) is 45.4 Å². The van der Waals surface area contributed by atoms with Crippen molar-refractivity contribution in [3.05, 3.63) is 89.5 Å². The number of carbonyl (C=O) groups is 1. The number of hydrogen-bond acceptors (Lipinski definition) is 5. The van der Waals surface area contributed by atoms with E-state index in [9.17, 15) is 18.0 Å². The molecule has 0 spiro atoms. The van der Waals surface area contributed by atoms with Crippen molar-refractivity contribution < 1.29 is 31.4 Å². The summed E-state index contributed by atoms with van der Waals surface area (Å²) in [5.41, 5.74) is 6.69. The first-order chi connectivity index (χ1) is 18.8. The number of nitrogens with zero attached hydrogens (tertiary/aromatic N) is 4. The molecule has 0 aliphatic rings. The number of rotatable bonds is 6. The van der Waals surface area contributed by atoms with Crippen LogP contribution in [0.4, 0.5) is 29.1 Å². The third-order valence-electron chi connectivity index (χ3n) is 6.15. The molecule has 2 heterocycles. The van der Waals surface area contributed by atoms with Crippen LogP contribution in [0.1, 0.15) is 21.7 Å². The highest BCUT2D eigenvalue weighted by Crippen LogP contribution is 2.32. The molecule has 0 bridgehead atoms. The molecule has 0 unspecified atom stereocenters. The van der Waals surface area contributed by atoms with E-state index >= 15 is 4.39 Å². The second-order valence-corrected chi connectivity index (χ2v) is 10.3. The van der Waals surface area contributed by atoms with Crippen LogP contribution in [0.2, 0.25) is 0 Å². The first-order valence-electron chi connectivity index (χ1n) is 12.1. The highest BCUT2D eigenvalue weighted by atomic mass is 19.4. The summed E-state index contributed by atoms with van der Waals surface area (Å²) in [7, 11) is 6.14. The molecule has 0 radical (unpaired) electrons. The van der Waals surface area contributed by atoms with E-state index < -0.39 is 29.3 Å². The molecule has 0 atom stereocenters. The third kappa shape index (κ3) is 5.38. The highest BCUT2D eigenvalue weighted by molar-refractivity contribution is 6.04. The molecule has 3 aromatic carbocycles. The number of amides is 1. The largest absolute Gasteiger partial charge is 0.435 e. The molecule has 0 saturated carbocycles. The topological polar surface area (TPSA) is 99.0 Å². The lowest BCUT2D eigenvalue weighted by Crippen LogP contribution is -2.33. The highest BCUT2D eigenvalue weighted by Gasteiger charge is 2.36. The number of halogens is 4. The summed E-state index contributed by atoms with van der Waals surface area (Å²) < 4.78 is 62.4. The monoisotopic (exact) mass is 553 g/mol. The van der Waals surface area contributed by atoms with Crippen molar-refractivity contribution in [2.24, 2.45) is 0 Å². The molecule has 3 N–H and O–H groups in total. The molecule has 5 aromatic rings. The first-order valence-corrected chi connectivity index (χ1v) is 12.1. The predicted octanol–water partition coefficient (Wildman–Crippen LogP) is 5.88. The van der Waals surface area contributed by atoms with Gasteiger partial charge in [0.05, 0.1) is 37.9 Å². The SMILES string of the molecule is C[N+](C)(C)Cc1ccccc1-c1ccc(NC(=O)c2cc(C(F)(F)F)nn2-c2ccc3onc(N)c3c2)c(F)c1. The number of benzene rings is 3. The quantitative estimate of drug-likeness (QED) is 0.202. The maximum atomic E-state index is 15.2. The Kier molecular flexibility index (Phi) is 6.58. The van der Waals surface area contributed by atoms with Crippen molar-refractivity contribution in [2.75, 3.05) is 32.2 Å². The van der Waals surface area contributed by atoms with Crippen molar-refractivity contribution in [2.45, 2.75) is 12.7 Å². The number of nitrogen functional groups attached to an aromatic ring is 1. The number of anilines is 2. The van der Waals surface area contributed by atoms with Gasteiger partial charge < -0.3 is 20.1 Å². The second-order valence-electron chi connectivity index (χ2n) is 10.3. The number of quaternary nitrogens is 1. The molecule has 206 valence electrons. The molecular weight excluding hydrogens is 528 g/mol. The normalized spacial score (nSPS) is 12.2. The van der Waals surface area contributed by atoms with Gasteiger partial charge in [0.15, 0.2) is 17.1 Å². The van der Waals surface area contributed by atoms with Gasteiger partial charge in [-0.1, -0.05) is 35.5 Å². The van der Waals surface area contributed by atoms with E-state index in [0.29, 0.717) is 33.6 Å². The van der Waals surface area contributed by atoms with E-state index in [1.54, 1.807) is 6.07 Å². The van der Waals surface area contributed by atoms with Crippen molar-refractivity contribution in [1.82, 2.24) is 14.9 Å². The molecule has 40 heavy (non-hydrogen) atoms. The van der Waals surface area contributed by atoms with Gasteiger partial charge in [0.2, 0.25) is 0 Å². The van der Waals surface area contributed by atoms with E-state index in [1.165, 1.54) is 30.3 Å². The average molecular weight is 554 g/mol. The minimum atomic E-state index is -4.83. The van der Waals surface area contributed by atoms with Gasteiger partial charge in [0, 0.05) is 11.6 Å². The zero-order chi connectivity index (χ0) is 28.8. The van der Waals surface area contributed by atoms with Crippen LogP contribution >= 0.6 is 0 Å². The minimum absolute atomic E-state index is 0.0243. The maximum Gasteiger partial charge on any atom is 0.435 e. The fraction of sp³-hybridized carbons (Fsp3) is 0.179. The molecule has 5 rings (SSSR count). The smallest absolute Gasteiger partial charge is 0.380 e. The molecular formula is C28H25F4N6O2+. The fourth-order valence-corrected chi connectivity index (χ4v) is 4.38. The van der Waals surface area contributed by atoms with Crippen LogP contribution in [-0.2, 0) is 12.7 Å². The number of hydrogen-bond donors (Lipinski definition) is 2. The lowest BCUT2D eigenvalue weighted by atomic mass is 9.98. The molecule has 8 nitrogen and oxygen atoms in total. The van der Waals surface area contributed by atoms with Crippen LogP contribution in [-0.4, -0.2) is 46.5 Å². The van der Waals surface area contributed by atoms with Gasteiger partial charge in [-0.3, -0.25) is 4.79 Å². The zero-order valence-electron chi connectivity index (χ0n) is 21.8. The van der Waals surface area contributed by atoms with Crippen molar-refractivity contribution in [1.29, 1.82) is 0 Å². The van der Waals surface area contributed by atoms with Crippen molar-refractivity contribution >= 4 is 28.4 Å². The van der Waals surface area contributed by atoms with Crippen LogP contribution in [0.3, 0.4) is 0 Å². The van der Waals surface area contributed by atoms with Crippen LogP contribution < -0.4 is 11.1 Å². The molecule has 12 heteroatoms. The summed E-state index contributed by atoms with van der Waals surface area (Å²) in [5, 5.41) is 9.92. The lowest BCUT2D eigenvalue weighted by molar-refractivity contribution is -0.883. The summed E-state index contributed by atoms with van der Waals surface area (Å²) in [5.74, 6) is -1.71. The van der Waals surface area contributed by atoms with Crippen LogP contribution in [0.25, 0.3) is 27.8 Å². The Morgan fingerprint density at radius 1 is 1.05 bits per heavy atom. The van der Waals surface area contributed by atoms with Gasteiger partial charge in [0.25, 0.3) is 5.91 Å². The number of aromatic nitrogens is 3. The molecule has 0 saturated heterocycles. The Bertz CT molecular complexity index is 1730. The summed E-state index contributed by atoms with van der Waals surface area (Å²) >= 11 is 0. The van der Waals surface area contributed by atoms with Crippen LogP contribution in [0, 0.1) is 5.82 Å². The number of nitrogens with two attached hydrogens (primary N) is 1. The molecule has 1 amide bonds. The van der Waals surface area contributed by atoms with Gasteiger partial charge >= 0.3 is 6.18 Å². The predicted molar refractivity (Wildman–Crippen MR) is 142 cm³/mol. The van der Waals surface area contributed by atoms with Crippen LogP contribution in [0.15, 0.2) is 71.3 Å². The number of nitrogens with one attached hydrogen (secondary N) is 1. The number of fused-ring (bicyclic) bond motifs is 1. The van der Waals surface area contributed by atoms with E-state index in [0.717, 1.165) is 15.8 Å². The molecule has 2 aromatic heterocycles. The minimum Gasteiger partial charge on any atom is -0.380 e. The van der Waals surface area contributed by atoms with Gasteiger partial charge in [0.1, 0.15) is 18.1 Å².